The van der Waals surface area contributed by atoms with Gasteiger partial charge in [-0.15, -0.1) is 0 Å². The van der Waals surface area contributed by atoms with Crippen LogP contribution in [0.15, 0.2) is 0 Å². The maximum absolute atomic E-state index is 12.5. The smallest absolute Gasteiger partial charge is 0.241 e. The number of amides is 1. The van der Waals surface area contributed by atoms with Gasteiger partial charge in [0, 0.05) is 12.3 Å². The molecule has 0 saturated carbocycles. The molecule has 6 heteroatoms. The summed E-state index contributed by atoms with van der Waals surface area (Å²) in [5.74, 6) is 0.506. The zero-order valence-corrected chi connectivity index (χ0v) is 14.0. The van der Waals surface area contributed by atoms with E-state index in [4.69, 9.17) is 0 Å². The van der Waals surface area contributed by atoms with Crippen LogP contribution in [-0.4, -0.2) is 49.5 Å². The van der Waals surface area contributed by atoms with Gasteiger partial charge in [-0.3, -0.25) is 10.1 Å². The quantitative estimate of drug-likeness (QED) is 0.772. The molecule has 1 rings (SSSR count). The second kappa shape index (κ2) is 6.89. The third kappa shape index (κ3) is 4.74. The molecule has 0 radical (unpaired) electrons. The maximum Gasteiger partial charge on any atom is 0.241 e. The van der Waals surface area contributed by atoms with Gasteiger partial charge < -0.3 is 4.90 Å². The number of carbonyl (C=O) groups excluding carboxylic acids is 1. The van der Waals surface area contributed by atoms with Crippen molar-refractivity contribution < 1.29 is 13.2 Å². The Morgan fingerprint density at radius 2 is 1.90 bits per heavy atom. The molecule has 1 N–H and O–H groups in total. The summed E-state index contributed by atoms with van der Waals surface area (Å²) in [7, 11) is -3.08. The first kappa shape index (κ1) is 17.4. The molecule has 1 amide bonds. The maximum atomic E-state index is 12.5. The molecule has 1 fully saturated rings. The summed E-state index contributed by atoms with van der Waals surface area (Å²) in [6, 6.07) is -0.452. The molecule has 1 aliphatic heterocycles. The van der Waals surface area contributed by atoms with Crippen LogP contribution in [0.3, 0.4) is 0 Å². The predicted octanol–water partition coefficient (Wildman–Crippen LogP) is 1.39. The summed E-state index contributed by atoms with van der Waals surface area (Å²) in [5, 5.41) is 3.37. The van der Waals surface area contributed by atoms with E-state index in [0.717, 1.165) is 19.3 Å². The van der Waals surface area contributed by atoms with Gasteiger partial charge in [-0.2, -0.15) is 0 Å². The Bertz CT molecular complexity index is 434. The van der Waals surface area contributed by atoms with Gasteiger partial charge >= 0.3 is 0 Å². The molecule has 20 heavy (non-hydrogen) atoms. The van der Waals surface area contributed by atoms with Crippen molar-refractivity contribution in [3.8, 4) is 0 Å². The molecule has 0 aliphatic carbocycles. The monoisotopic (exact) mass is 304 g/mol. The van der Waals surface area contributed by atoms with E-state index < -0.39 is 9.84 Å². The number of nitrogens with one attached hydrogen (secondary N) is 1. The minimum absolute atomic E-state index is 0.0229. The standard InChI is InChI=1S/C14H28N2O3S/c1-6-7-13-15-12(8-10(2)3)14(17)16(13)11(4)9-20(5,18)19/h10-13,15H,6-9H2,1-5H3. The molecular weight excluding hydrogens is 276 g/mol. The lowest BCUT2D eigenvalue weighted by Gasteiger charge is -2.29. The fraction of sp³-hybridized carbons (Fsp3) is 0.929. The van der Waals surface area contributed by atoms with Crippen LogP contribution in [-0.2, 0) is 14.6 Å². The van der Waals surface area contributed by atoms with Crippen LogP contribution in [0.2, 0.25) is 0 Å². The van der Waals surface area contributed by atoms with Gasteiger partial charge in [0.25, 0.3) is 0 Å². The van der Waals surface area contributed by atoms with Gasteiger partial charge in [0.2, 0.25) is 5.91 Å². The van der Waals surface area contributed by atoms with Crippen molar-refractivity contribution in [2.45, 2.75) is 65.2 Å². The van der Waals surface area contributed by atoms with E-state index in [-0.39, 0.29) is 29.9 Å². The molecule has 5 nitrogen and oxygen atoms in total. The minimum atomic E-state index is -3.08. The molecule has 0 bridgehead atoms. The van der Waals surface area contributed by atoms with Gasteiger partial charge in [0.05, 0.1) is 18.0 Å². The van der Waals surface area contributed by atoms with Gasteiger partial charge in [0.15, 0.2) is 0 Å². The van der Waals surface area contributed by atoms with Crippen molar-refractivity contribution in [3.63, 3.8) is 0 Å². The molecule has 0 aromatic carbocycles. The van der Waals surface area contributed by atoms with E-state index in [1.807, 2.05) is 6.92 Å². The third-order valence-electron chi connectivity index (χ3n) is 3.57. The normalized spacial score (nSPS) is 25.5. The lowest BCUT2D eigenvalue weighted by molar-refractivity contribution is -0.131. The number of rotatable bonds is 7. The SMILES string of the molecule is CCCC1NC(CC(C)C)C(=O)N1C(C)CS(C)(=O)=O. The Morgan fingerprint density at radius 1 is 1.30 bits per heavy atom. The average molecular weight is 304 g/mol. The Morgan fingerprint density at radius 3 is 2.35 bits per heavy atom. The van der Waals surface area contributed by atoms with E-state index in [1.165, 1.54) is 6.26 Å². The highest BCUT2D eigenvalue weighted by Gasteiger charge is 2.41. The molecule has 0 aromatic rings. The highest BCUT2D eigenvalue weighted by Crippen LogP contribution is 2.22. The summed E-state index contributed by atoms with van der Waals surface area (Å²) in [6.07, 6.45) is 3.79. The van der Waals surface area contributed by atoms with Crippen LogP contribution in [0.1, 0.15) is 47.0 Å². The minimum Gasteiger partial charge on any atom is -0.322 e. The van der Waals surface area contributed by atoms with Crippen molar-refractivity contribution in [1.29, 1.82) is 0 Å². The van der Waals surface area contributed by atoms with Crippen LogP contribution in [0.5, 0.6) is 0 Å². The van der Waals surface area contributed by atoms with E-state index in [0.29, 0.717) is 5.92 Å². The van der Waals surface area contributed by atoms with Gasteiger partial charge in [-0.1, -0.05) is 27.2 Å². The van der Waals surface area contributed by atoms with Gasteiger partial charge in [-0.05, 0) is 25.7 Å². The van der Waals surface area contributed by atoms with Crippen LogP contribution < -0.4 is 5.32 Å². The molecule has 3 atom stereocenters. The molecule has 1 saturated heterocycles. The molecule has 118 valence electrons. The number of sulfone groups is 1. The number of nitrogens with zero attached hydrogens (tertiary/aromatic N) is 1. The lowest BCUT2D eigenvalue weighted by atomic mass is 10.0. The van der Waals surface area contributed by atoms with E-state index >= 15 is 0 Å². The van der Waals surface area contributed by atoms with E-state index in [9.17, 15) is 13.2 Å². The zero-order valence-electron chi connectivity index (χ0n) is 13.2. The second-order valence-electron chi connectivity index (χ2n) is 6.34. The van der Waals surface area contributed by atoms with Crippen molar-refractivity contribution in [1.82, 2.24) is 10.2 Å². The van der Waals surface area contributed by atoms with Crippen molar-refractivity contribution >= 4 is 15.7 Å². The summed E-state index contributed by atoms with van der Waals surface area (Å²) < 4.78 is 22.9. The highest BCUT2D eigenvalue weighted by molar-refractivity contribution is 7.90. The fourth-order valence-corrected chi connectivity index (χ4v) is 3.93. The number of hydrogen-bond acceptors (Lipinski definition) is 4. The Hall–Kier alpha value is -0.620. The molecule has 1 aliphatic rings. The lowest BCUT2D eigenvalue weighted by Crippen LogP contribution is -2.46. The fourth-order valence-electron chi connectivity index (χ4n) is 2.90. The molecule has 0 aromatic heterocycles. The van der Waals surface area contributed by atoms with Gasteiger partial charge in [0.1, 0.15) is 9.84 Å². The topological polar surface area (TPSA) is 66.5 Å². The Kier molecular flexibility index (Phi) is 6.01. The first-order valence-electron chi connectivity index (χ1n) is 7.41. The van der Waals surface area contributed by atoms with E-state index in [2.05, 4.69) is 26.1 Å². The third-order valence-corrected chi connectivity index (χ3v) is 4.66. The van der Waals surface area contributed by atoms with Crippen LogP contribution in [0.4, 0.5) is 0 Å². The van der Waals surface area contributed by atoms with Crippen LogP contribution in [0, 0.1) is 5.92 Å². The Labute approximate surface area is 123 Å². The summed E-state index contributed by atoms with van der Waals surface area (Å²) in [6.45, 7) is 8.07. The van der Waals surface area contributed by atoms with Crippen LogP contribution >= 0.6 is 0 Å². The average Bonchev–Trinajstić information content (AvgIpc) is 2.52. The second-order valence-corrected chi connectivity index (χ2v) is 8.53. The zero-order chi connectivity index (χ0) is 15.5. The van der Waals surface area contributed by atoms with Crippen LogP contribution in [0.25, 0.3) is 0 Å². The van der Waals surface area contributed by atoms with Crippen molar-refractivity contribution in [2.24, 2.45) is 5.92 Å². The van der Waals surface area contributed by atoms with Gasteiger partial charge in [-0.25, -0.2) is 8.42 Å². The molecular formula is C14H28N2O3S. The molecule has 0 spiro atoms. The van der Waals surface area contributed by atoms with Crippen molar-refractivity contribution in [2.75, 3.05) is 12.0 Å². The summed E-state index contributed by atoms with van der Waals surface area (Å²) in [5.41, 5.74) is 0. The predicted molar refractivity (Wildman–Crippen MR) is 81.1 cm³/mol. The van der Waals surface area contributed by atoms with Crippen molar-refractivity contribution in [3.05, 3.63) is 0 Å². The first-order chi connectivity index (χ1) is 9.15. The number of hydrogen-bond donors (Lipinski definition) is 1. The number of carbonyl (C=O) groups is 1. The summed E-state index contributed by atoms with van der Waals surface area (Å²) >= 11 is 0. The first-order valence-corrected chi connectivity index (χ1v) is 9.47. The summed E-state index contributed by atoms with van der Waals surface area (Å²) in [4.78, 5) is 14.3. The van der Waals surface area contributed by atoms with E-state index in [1.54, 1.807) is 4.90 Å². The molecule has 3 unspecified atom stereocenters. The largest absolute Gasteiger partial charge is 0.322 e. The molecule has 1 heterocycles. The Balaban J connectivity index is 2.86. The highest BCUT2D eigenvalue weighted by atomic mass is 32.2.